The Morgan fingerprint density at radius 1 is 0.896 bits per heavy atom. The van der Waals surface area contributed by atoms with Crippen molar-refractivity contribution in [2.45, 2.75) is 50.8 Å². The predicted octanol–water partition coefficient (Wildman–Crippen LogP) is 4.57. The van der Waals surface area contributed by atoms with Gasteiger partial charge in [-0.25, -0.2) is 14.4 Å². The first kappa shape index (κ1) is 42.8. The number of carbonyl (C=O) groups is 3. The zero-order valence-corrected chi connectivity index (χ0v) is 25.8. The summed E-state index contributed by atoms with van der Waals surface area (Å²) in [4.78, 5) is 36.3. The van der Waals surface area contributed by atoms with Crippen molar-refractivity contribution in [3.8, 4) is 0 Å². The zero-order valence-electron chi connectivity index (χ0n) is 25.8. The highest BCUT2D eigenvalue weighted by molar-refractivity contribution is 5.73. The molecule has 1 spiro atoms. The molecule has 4 heterocycles. The molecule has 3 aliphatic heterocycles. The third-order valence-corrected chi connectivity index (χ3v) is 7.82. The standard InChI is InChI=1S/C22H35N3O2.3C2HF3O2/c1-26-17-21-16-25(14-19-4-11-27-12-5-19)18-22(21)6-9-24(10-7-22)15-20-3-2-8-23-13-20;3*3-2(4,5)1(6)7/h2-3,8,13,19,21H,4-7,9-12,14-18H2,1H3;3*(H,6,7). The highest BCUT2D eigenvalue weighted by Crippen LogP contribution is 2.45. The van der Waals surface area contributed by atoms with E-state index in [1.165, 1.54) is 64.0 Å². The number of hydrogen-bond donors (Lipinski definition) is 3. The van der Waals surface area contributed by atoms with Gasteiger partial charge in [0.25, 0.3) is 0 Å². The highest BCUT2D eigenvalue weighted by atomic mass is 19.4. The van der Waals surface area contributed by atoms with Crippen LogP contribution in [-0.2, 0) is 30.4 Å². The molecule has 1 unspecified atom stereocenters. The number of ether oxygens (including phenoxy) is 2. The van der Waals surface area contributed by atoms with Crippen LogP contribution in [0.25, 0.3) is 0 Å². The third-order valence-electron chi connectivity index (χ3n) is 7.82. The van der Waals surface area contributed by atoms with E-state index in [2.05, 4.69) is 20.9 Å². The number of carboxylic acid groups (broad SMARTS) is 3. The minimum atomic E-state index is -5.08. The Balaban J connectivity index is 0.000000448. The van der Waals surface area contributed by atoms with E-state index in [0.29, 0.717) is 11.3 Å². The normalized spacial score (nSPS) is 20.3. The van der Waals surface area contributed by atoms with Crippen molar-refractivity contribution in [1.82, 2.24) is 14.8 Å². The molecule has 0 aromatic carbocycles. The van der Waals surface area contributed by atoms with E-state index in [4.69, 9.17) is 39.2 Å². The number of alkyl halides is 9. The van der Waals surface area contributed by atoms with E-state index in [1.807, 2.05) is 25.6 Å². The van der Waals surface area contributed by atoms with Gasteiger partial charge in [0.05, 0.1) is 6.61 Å². The van der Waals surface area contributed by atoms with Crippen molar-refractivity contribution in [2.75, 3.05) is 59.7 Å². The molecule has 3 saturated heterocycles. The summed E-state index contributed by atoms with van der Waals surface area (Å²) in [7, 11) is 1.87. The van der Waals surface area contributed by atoms with Crippen LogP contribution >= 0.6 is 0 Å². The van der Waals surface area contributed by atoms with Crippen molar-refractivity contribution < 1.29 is 78.7 Å². The molecule has 3 aliphatic rings. The monoisotopic (exact) mass is 715 g/mol. The molecule has 3 fully saturated rings. The maximum atomic E-state index is 10.6. The van der Waals surface area contributed by atoms with Gasteiger partial charge in [-0.2, -0.15) is 39.5 Å². The average Bonchev–Trinajstić information content (AvgIpc) is 3.30. The van der Waals surface area contributed by atoms with Crippen molar-refractivity contribution >= 4 is 17.9 Å². The number of hydrogen-bond acceptors (Lipinski definition) is 8. The van der Waals surface area contributed by atoms with Crippen LogP contribution in [-0.4, -0.2) is 126 Å². The topological polar surface area (TPSA) is 150 Å². The van der Waals surface area contributed by atoms with E-state index in [9.17, 15) is 39.5 Å². The predicted molar refractivity (Wildman–Crippen MR) is 148 cm³/mol. The van der Waals surface area contributed by atoms with Crippen molar-refractivity contribution in [2.24, 2.45) is 17.3 Å². The first-order chi connectivity index (χ1) is 22.1. The molecule has 0 aliphatic carbocycles. The molecule has 11 nitrogen and oxygen atoms in total. The van der Waals surface area contributed by atoms with Gasteiger partial charge in [-0.3, -0.25) is 9.88 Å². The number of piperidine rings is 1. The van der Waals surface area contributed by atoms with E-state index in [0.717, 1.165) is 32.3 Å². The Labute approximate surface area is 269 Å². The van der Waals surface area contributed by atoms with E-state index in [-0.39, 0.29) is 0 Å². The Morgan fingerprint density at radius 2 is 1.38 bits per heavy atom. The lowest BCUT2D eigenvalue weighted by Crippen LogP contribution is -2.45. The van der Waals surface area contributed by atoms with Gasteiger partial charge in [-0.15, -0.1) is 0 Å². The molecule has 1 atom stereocenters. The van der Waals surface area contributed by atoms with Crippen molar-refractivity contribution in [3.63, 3.8) is 0 Å². The van der Waals surface area contributed by atoms with E-state index >= 15 is 0 Å². The molecule has 0 radical (unpaired) electrons. The first-order valence-electron chi connectivity index (χ1n) is 14.4. The maximum Gasteiger partial charge on any atom is 0.490 e. The van der Waals surface area contributed by atoms with Crippen molar-refractivity contribution in [3.05, 3.63) is 30.1 Å². The number of methoxy groups -OCH3 is 1. The summed E-state index contributed by atoms with van der Waals surface area (Å²) in [5.41, 5.74) is 1.78. The number of halogens is 9. The molecule has 276 valence electrons. The molecular weight excluding hydrogens is 677 g/mol. The summed E-state index contributed by atoms with van der Waals surface area (Å²) in [5.74, 6) is -6.77. The summed E-state index contributed by atoms with van der Waals surface area (Å²) >= 11 is 0. The fourth-order valence-electron chi connectivity index (χ4n) is 5.48. The number of aromatic nitrogens is 1. The second kappa shape index (κ2) is 19.1. The number of rotatable bonds is 6. The summed E-state index contributed by atoms with van der Waals surface area (Å²) in [5, 5.41) is 21.4. The van der Waals surface area contributed by atoms with Crippen LogP contribution in [0.1, 0.15) is 31.2 Å². The lowest BCUT2D eigenvalue weighted by molar-refractivity contribution is -0.193. The second-order valence-electron chi connectivity index (χ2n) is 11.3. The van der Waals surface area contributed by atoms with Gasteiger partial charge in [-0.05, 0) is 61.7 Å². The first-order valence-corrected chi connectivity index (χ1v) is 14.4. The van der Waals surface area contributed by atoms with Gasteiger partial charge >= 0.3 is 36.4 Å². The summed E-state index contributed by atoms with van der Waals surface area (Å²) in [6.45, 7) is 9.97. The van der Waals surface area contributed by atoms with Gasteiger partial charge in [0.2, 0.25) is 0 Å². The van der Waals surface area contributed by atoms with E-state index in [1.54, 1.807) is 0 Å². The summed E-state index contributed by atoms with van der Waals surface area (Å²) in [6, 6.07) is 4.23. The number of carboxylic acids is 3. The molecule has 0 bridgehead atoms. The Morgan fingerprint density at radius 3 is 1.77 bits per heavy atom. The fourth-order valence-corrected chi connectivity index (χ4v) is 5.48. The molecule has 1 aromatic heterocycles. The molecule has 1 aromatic rings. The third kappa shape index (κ3) is 15.8. The van der Waals surface area contributed by atoms with Gasteiger partial charge in [-0.1, -0.05) is 6.07 Å². The molecule has 48 heavy (non-hydrogen) atoms. The Kier molecular flexibility index (Phi) is 17.0. The lowest BCUT2D eigenvalue weighted by atomic mass is 9.71. The van der Waals surface area contributed by atoms with Gasteiger partial charge in [0.1, 0.15) is 0 Å². The summed E-state index contributed by atoms with van der Waals surface area (Å²) in [6.07, 6.45) is -6.33. The van der Waals surface area contributed by atoms with Crippen LogP contribution in [0.2, 0.25) is 0 Å². The number of nitrogens with zero attached hydrogens (tertiary/aromatic N) is 3. The largest absolute Gasteiger partial charge is 0.490 e. The molecule has 4 rings (SSSR count). The zero-order chi connectivity index (χ0) is 36.8. The van der Waals surface area contributed by atoms with Crippen molar-refractivity contribution in [1.29, 1.82) is 0 Å². The number of likely N-dealkylation sites (tertiary alicyclic amines) is 2. The molecule has 3 N–H and O–H groups in total. The van der Waals surface area contributed by atoms with Crippen LogP contribution in [0.5, 0.6) is 0 Å². The van der Waals surface area contributed by atoms with Gasteiger partial charge in [0, 0.05) is 64.8 Å². The average molecular weight is 716 g/mol. The Hall–Kier alpha value is -3.23. The quantitative estimate of drug-likeness (QED) is 0.356. The van der Waals surface area contributed by atoms with Crippen LogP contribution < -0.4 is 0 Å². The number of aliphatic carboxylic acids is 3. The highest BCUT2D eigenvalue weighted by Gasteiger charge is 2.48. The minimum absolute atomic E-state index is 0.451. The molecule has 0 saturated carbocycles. The minimum Gasteiger partial charge on any atom is -0.475 e. The molecule has 0 amide bonds. The van der Waals surface area contributed by atoms with Gasteiger partial charge < -0.3 is 29.7 Å². The van der Waals surface area contributed by atoms with E-state index < -0.39 is 36.4 Å². The second-order valence-corrected chi connectivity index (χ2v) is 11.3. The Bertz CT molecular complexity index is 1070. The van der Waals surface area contributed by atoms with Crippen LogP contribution in [0, 0.1) is 17.3 Å². The smallest absolute Gasteiger partial charge is 0.475 e. The summed E-state index contributed by atoms with van der Waals surface area (Å²) < 4.78 is 106. The maximum absolute atomic E-state index is 10.6. The fraction of sp³-hybridized carbons (Fsp3) is 0.714. The number of pyridine rings is 1. The van der Waals surface area contributed by atoms with Crippen LogP contribution in [0.15, 0.2) is 24.5 Å². The molecular formula is C28H38F9N3O8. The van der Waals surface area contributed by atoms with Crippen LogP contribution in [0.4, 0.5) is 39.5 Å². The SMILES string of the molecule is COCC1CN(CC2CCOCC2)CC12CCN(Cc1cccnc1)CC2.O=C(O)C(F)(F)F.O=C(O)C(F)(F)F.O=C(O)C(F)(F)F. The molecule has 20 heteroatoms. The lowest BCUT2D eigenvalue weighted by Gasteiger charge is -2.42. The van der Waals surface area contributed by atoms with Crippen LogP contribution in [0.3, 0.4) is 0 Å². The van der Waals surface area contributed by atoms with Gasteiger partial charge in [0.15, 0.2) is 0 Å².